The average molecular weight is 269 g/mol. The molecule has 1 aliphatic heterocycles. The molecule has 0 saturated heterocycles. The van der Waals surface area contributed by atoms with Gasteiger partial charge in [-0.1, -0.05) is 15.9 Å². The first-order valence-electron chi connectivity index (χ1n) is 4.43. The van der Waals surface area contributed by atoms with Gasteiger partial charge in [-0.15, -0.1) is 0 Å². The first-order valence-corrected chi connectivity index (χ1v) is 5.55. The molecular formula is C11H9BrO3. The van der Waals surface area contributed by atoms with E-state index in [1.165, 1.54) is 0 Å². The molecule has 78 valence electrons. The van der Waals surface area contributed by atoms with Crippen LogP contribution in [0.3, 0.4) is 0 Å². The first-order chi connectivity index (χ1) is 7.26. The van der Waals surface area contributed by atoms with Crippen LogP contribution in [0.2, 0.25) is 0 Å². The molecule has 0 saturated carbocycles. The van der Waals surface area contributed by atoms with Crippen molar-refractivity contribution >= 4 is 27.7 Å². The van der Waals surface area contributed by atoms with Gasteiger partial charge in [-0.25, -0.2) is 4.79 Å². The molecule has 15 heavy (non-hydrogen) atoms. The number of esters is 1. The number of rotatable bonds is 2. The number of cyclic esters (lactones) is 1. The number of carbonyl (C=O) groups excluding carboxylic acids is 1. The van der Waals surface area contributed by atoms with E-state index in [0.29, 0.717) is 22.4 Å². The van der Waals surface area contributed by atoms with Crippen LogP contribution in [-0.2, 0) is 4.74 Å². The molecule has 1 aromatic rings. The molecule has 2 rings (SSSR count). The Balaban J connectivity index is 2.50. The fraction of sp³-hybridized carbons (Fsp3) is 0.182. The molecule has 0 aromatic heterocycles. The first kappa shape index (κ1) is 10.2. The van der Waals surface area contributed by atoms with E-state index in [9.17, 15) is 4.79 Å². The number of ether oxygens (including phenoxy) is 2. The van der Waals surface area contributed by atoms with Crippen LogP contribution >= 0.6 is 15.9 Å². The van der Waals surface area contributed by atoms with Crippen molar-refractivity contribution in [2.75, 3.05) is 12.4 Å². The van der Waals surface area contributed by atoms with Gasteiger partial charge in [-0.2, -0.15) is 0 Å². The molecule has 3 nitrogen and oxygen atoms in total. The molecule has 0 spiro atoms. The maximum Gasteiger partial charge on any atom is 0.344 e. The highest BCUT2D eigenvalue weighted by atomic mass is 79.9. The zero-order chi connectivity index (χ0) is 10.8. The number of alkyl halides is 1. The highest BCUT2D eigenvalue weighted by Crippen LogP contribution is 2.32. The largest absolute Gasteiger partial charge is 0.497 e. The van der Waals surface area contributed by atoms with Crippen molar-refractivity contribution in [2.45, 2.75) is 0 Å². The predicted octanol–water partition coefficient (Wildman–Crippen LogP) is 2.60. The van der Waals surface area contributed by atoms with Crippen LogP contribution in [0, 0.1) is 0 Å². The zero-order valence-electron chi connectivity index (χ0n) is 8.12. The molecule has 1 aliphatic rings. The molecule has 1 aromatic carbocycles. The summed E-state index contributed by atoms with van der Waals surface area (Å²) < 4.78 is 10.2. The van der Waals surface area contributed by atoms with Crippen LogP contribution in [0.15, 0.2) is 24.3 Å². The maximum atomic E-state index is 11.5. The smallest absolute Gasteiger partial charge is 0.344 e. The summed E-state index contributed by atoms with van der Waals surface area (Å²) in [6.07, 6.45) is 1.82. The Hall–Kier alpha value is -1.29. The highest BCUT2D eigenvalue weighted by molar-refractivity contribution is 9.09. The minimum atomic E-state index is -0.323. The van der Waals surface area contributed by atoms with Gasteiger partial charge in [-0.3, -0.25) is 0 Å². The monoisotopic (exact) mass is 268 g/mol. The molecule has 0 radical (unpaired) electrons. The summed E-state index contributed by atoms with van der Waals surface area (Å²) in [5.41, 5.74) is 1.38. The van der Waals surface area contributed by atoms with Gasteiger partial charge in [0.15, 0.2) is 0 Å². The summed E-state index contributed by atoms with van der Waals surface area (Å²) >= 11 is 3.27. The van der Waals surface area contributed by atoms with E-state index in [1.807, 2.05) is 18.2 Å². The van der Waals surface area contributed by atoms with Crippen LogP contribution in [0.25, 0.3) is 5.76 Å². The minimum Gasteiger partial charge on any atom is -0.497 e. The molecule has 0 unspecified atom stereocenters. The normalized spacial score (nSPS) is 16.4. The van der Waals surface area contributed by atoms with E-state index in [-0.39, 0.29) is 5.97 Å². The minimum absolute atomic E-state index is 0.323. The van der Waals surface area contributed by atoms with Crippen LogP contribution in [0.1, 0.15) is 15.9 Å². The molecule has 0 fully saturated rings. The Morgan fingerprint density at radius 3 is 2.93 bits per heavy atom. The SMILES string of the molecule is COc1ccc2c(c1)C(=O)O/C2=C\CBr. The zero-order valence-corrected chi connectivity index (χ0v) is 9.71. The summed E-state index contributed by atoms with van der Waals surface area (Å²) in [4.78, 5) is 11.5. The van der Waals surface area contributed by atoms with E-state index in [2.05, 4.69) is 15.9 Å². The Labute approximate surface area is 95.8 Å². The van der Waals surface area contributed by atoms with Crippen molar-refractivity contribution in [1.82, 2.24) is 0 Å². The van der Waals surface area contributed by atoms with Crippen molar-refractivity contribution in [3.63, 3.8) is 0 Å². The van der Waals surface area contributed by atoms with Crippen LogP contribution in [-0.4, -0.2) is 18.4 Å². The van der Waals surface area contributed by atoms with Crippen LogP contribution < -0.4 is 4.74 Å². The van der Waals surface area contributed by atoms with Gasteiger partial charge in [0.1, 0.15) is 11.5 Å². The molecule has 0 aliphatic carbocycles. The Kier molecular flexibility index (Phi) is 2.77. The average Bonchev–Trinajstić information content (AvgIpc) is 2.56. The van der Waals surface area contributed by atoms with Crippen molar-refractivity contribution in [2.24, 2.45) is 0 Å². The quantitative estimate of drug-likeness (QED) is 0.611. The number of halogens is 1. The fourth-order valence-corrected chi connectivity index (χ4v) is 1.76. The molecular weight excluding hydrogens is 260 g/mol. The van der Waals surface area contributed by atoms with Gasteiger partial charge in [0.25, 0.3) is 0 Å². The predicted molar refractivity (Wildman–Crippen MR) is 60.2 cm³/mol. The third-order valence-electron chi connectivity index (χ3n) is 2.18. The van der Waals surface area contributed by atoms with Gasteiger partial charge in [0.2, 0.25) is 0 Å². The van der Waals surface area contributed by atoms with E-state index in [0.717, 1.165) is 5.56 Å². The summed E-state index contributed by atoms with van der Waals surface area (Å²) in [6, 6.07) is 5.32. The Morgan fingerprint density at radius 2 is 2.27 bits per heavy atom. The third kappa shape index (κ3) is 1.77. The Bertz CT molecular complexity index is 437. The third-order valence-corrected chi connectivity index (χ3v) is 2.50. The van der Waals surface area contributed by atoms with Crippen molar-refractivity contribution < 1.29 is 14.3 Å². The lowest BCUT2D eigenvalue weighted by molar-refractivity contribution is 0.0715. The molecule has 4 heteroatoms. The molecule has 0 amide bonds. The fourth-order valence-electron chi connectivity index (χ4n) is 1.47. The lowest BCUT2D eigenvalue weighted by Gasteiger charge is -2.00. The van der Waals surface area contributed by atoms with Crippen molar-refractivity contribution in [3.05, 3.63) is 35.4 Å². The number of fused-ring (bicyclic) bond motifs is 1. The second-order valence-corrected chi connectivity index (χ2v) is 3.67. The van der Waals surface area contributed by atoms with Crippen molar-refractivity contribution in [1.29, 1.82) is 0 Å². The van der Waals surface area contributed by atoms with Crippen LogP contribution in [0.4, 0.5) is 0 Å². The summed E-state index contributed by atoms with van der Waals surface area (Å²) in [7, 11) is 1.57. The number of hydrogen-bond acceptors (Lipinski definition) is 3. The molecule has 1 heterocycles. The number of carbonyl (C=O) groups is 1. The van der Waals surface area contributed by atoms with Crippen molar-refractivity contribution in [3.8, 4) is 5.75 Å². The van der Waals surface area contributed by atoms with Gasteiger partial charge < -0.3 is 9.47 Å². The molecule has 0 bridgehead atoms. The maximum absolute atomic E-state index is 11.5. The lowest BCUT2D eigenvalue weighted by atomic mass is 10.1. The van der Waals surface area contributed by atoms with Crippen LogP contribution in [0.5, 0.6) is 5.75 Å². The molecule has 0 atom stereocenters. The van der Waals surface area contributed by atoms with E-state index >= 15 is 0 Å². The van der Waals surface area contributed by atoms with Gasteiger partial charge in [0.05, 0.1) is 12.7 Å². The number of allylic oxidation sites excluding steroid dienone is 1. The highest BCUT2D eigenvalue weighted by Gasteiger charge is 2.26. The lowest BCUT2D eigenvalue weighted by Crippen LogP contribution is -1.94. The van der Waals surface area contributed by atoms with E-state index in [4.69, 9.17) is 9.47 Å². The topological polar surface area (TPSA) is 35.5 Å². The Morgan fingerprint density at radius 1 is 1.47 bits per heavy atom. The summed E-state index contributed by atoms with van der Waals surface area (Å²) in [6.45, 7) is 0. The second kappa shape index (κ2) is 4.06. The standard InChI is InChI=1S/C11H9BrO3/c1-14-7-2-3-8-9(6-7)11(13)15-10(8)4-5-12/h2-4,6H,5H2,1H3/b10-4-. The number of hydrogen-bond donors (Lipinski definition) is 0. The summed E-state index contributed by atoms with van der Waals surface area (Å²) in [5, 5.41) is 0.654. The molecule has 0 N–H and O–H groups in total. The summed E-state index contributed by atoms with van der Waals surface area (Å²) in [5.74, 6) is 0.941. The second-order valence-electron chi connectivity index (χ2n) is 3.02. The van der Waals surface area contributed by atoms with Gasteiger partial charge >= 0.3 is 5.97 Å². The van der Waals surface area contributed by atoms with Gasteiger partial charge in [-0.05, 0) is 24.3 Å². The number of methoxy groups -OCH3 is 1. The van der Waals surface area contributed by atoms with E-state index in [1.54, 1.807) is 13.2 Å². The number of benzene rings is 1. The van der Waals surface area contributed by atoms with Gasteiger partial charge in [0, 0.05) is 10.9 Å². The van der Waals surface area contributed by atoms with E-state index < -0.39 is 0 Å².